The number of Topliss-reactive ketones (excluding diaryl/α,β-unsaturated/α-hetero) is 1. The van der Waals surface area contributed by atoms with Crippen LogP contribution < -0.4 is 5.32 Å². The molecule has 1 fully saturated rings. The van der Waals surface area contributed by atoms with Crippen LogP contribution in [0.3, 0.4) is 0 Å². The predicted molar refractivity (Wildman–Crippen MR) is 108 cm³/mol. The topological polar surface area (TPSA) is 66.5 Å². The van der Waals surface area contributed by atoms with Crippen LogP contribution in [-0.2, 0) is 10.0 Å². The number of rotatable bonds is 6. The number of carbonyl (C=O) groups excluding carboxylic acids is 1. The van der Waals surface area contributed by atoms with Crippen molar-refractivity contribution in [2.45, 2.75) is 31.6 Å². The third kappa shape index (κ3) is 4.76. The van der Waals surface area contributed by atoms with E-state index >= 15 is 0 Å². The first-order valence-electron chi connectivity index (χ1n) is 9.30. The second-order valence-corrected chi connectivity index (χ2v) is 9.19. The second-order valence-electron chi connectivity index (χ2n) is 7.25. The van der Waals surface area contributed by atoms with Crippen LogP contribution in [-0.4, -0.2) is 38.1 Å². The monoisotopic (exact) mass is 386 g/mol. The number of sulfonamides is 1. The molecule has 5 nitrogen and oxygen atoms in total. The summed E-state index contributed by atoms with van der Waals surface area (Å²) in [5.41, 5.74) is 2.49. The fourth-order valence-electron chi connectivity index (χ4n) is 3.14. The van der Waals surface area contributed by atoms with Gasteiger partial charge < -0.3 is 5.32 Å². The SMILES string of the molecule is Cc1ccc(C(=O)CNc2ccc(S(=O)(=O)N3CCC(C)CC3)cc2)cc1. The Bertz CT molecular complexity index is 882. The molecule has 1 heterocycles. The molecule has 1 saturated heterocycles. The standard InChI is InChI=1S/C21H26N2O3S/c1-16-3-5-18(6-4-16)21(24)15-22-19-7-9-20(10-8-19)27(25,26)23-13-11-17(2)12-14-23/h3-10,17,22H,11-15H2,1-2H3. The van der Waals surface area contributed by atoms with Crippen molar-refractivity contribution in [1.29, 1.82) is 0 Å². The van der Waals surface area contributed by atoms with Gasteiger partial charge in [0.25, 0.3) is 0 Å². The van der Waals surface area contributed by atoms with Crippen molar-refractivity contribution in [1.82, 2.24) is 4.31 Å². The van der Waals surface area contributed by atoms with Crippen molar-refractivity contribution in [2.75, 3.05) is 25.0 Å². The number of piperidine rings is 1. The van der Waals surface area contributed by atoms with E-state index in [-0.39, 0.29) is 12.3 Å². The minimum absolute atomic E-state index is 0.00543. The van der Waals surface area contributed by atoms with Crippen molar-refractivity contribution in [3.63, 3.8) is 0 Å². The minimum atomic E-state index is -3.44. The summed E-state index contributed by atoms with van der Waals surface area (Å²) in [6, 6.07) is 14.1. The van der Waals surface area contributed by atoms with E-state index in [2.05, 4.69) is 12.2 Å². The highest BCUT2D eigenvalue weighted by Gasteiger charge is 2.27. The molecular weight excluding hydrogens is 360 g/mol. The fraction of sp³-hybridized carbons (Fsp3) is 0.381. The lowest BCUT2D eigenvalue weighted by Gasteiger charge is -2.29. The lowest BCUT2D eigenvalue weighted by molar-refractivity contribution is 0.101. The molecule has 0 radical (unpaired) electrons. The fourth-order valence-corrected chi connectivity index (χ4v) is 4.61. The largest absolute Gasteiger partial charge is 0.378 e. The maximum atomic E-state index is 12.7. The predicted octanol–water partition coefficient (Wildman–Crippen LogP) is 3.71. The van der Waals surface area contributed by atoms with E-state index < -0.39 is 10.0 Å². The Kier molecular flexibility index (Phi) is 5.97. The Balaban J connectivity index is 1.61. The molecule has 0 spiro atoms. The molecule has 3 rings (SSSR count). The van der Waals surface area contributed by atoms with Crippen molar-refractivity contribution in [3.05, 3.63) is 59.7 Å². The Morgan fingerprint density at radius 1 is 1.04 bits per heavy atom. The summed E-state index contributed by atoms with van der Waals surface area (Å²) in [4.78, 5) is 12.5. The zero-order valence-electron chi connectivity index (χ0n) is 15.8. The molecule has 1 aliphatic heterocycles. The quantitative estimate of drug-likeness (QED) is 0.769. The van der Waals surface area contributed by atoms with E-state index in [1.807, 2.05) is 31.2 Å². The molecular formula is C21H26N2O3S. The van der Waals surface area contributed by atoms with Gasteiger partial charge in [0.05, 0.1) is 11.4 Å². The van der Waals surface area contributed by atoms with Gasteiger partial charge in [-0.3, -0.25) is 4.79 Å². The number of carbonyl (C=O) groups is 1. The summed E-state index contributed by atoms with van der Waals surface area (Å²) in [7, 11) is -3.44. The van der Waals surface area contributed by atoms with Gasteiger partial charge in [-0.2, -0.15) is 4.31 Å². The lowest BCUT2D eigenvalue weighted by Crippen LogP contribution is -2.37. The third-order valence-electron chi connectivity index (χ3n) is 5.06. The van der Waals surface area contributed by atoms with E-state index in [1.165, 1.54) is 0 Å². The normalized spacial score (nSPS) is 16.2. The van der Waals surface area contributed by atoms with Crippen LogP contribution in [0.4, 0.5) is 5.69 Å². The molecule has 0 aliphatic carbocycles. The third-order valence-corrected chi connectivity index (χ3v) is 6.97. The number of nitrogens with one attached hydrogen (secondary N) is 1. The molecule has 2 aromatic carbocycles. The van der Waals surface area contributed by atoms with Gasteiger partial charge in [0.2, 0.25) is 10.0 Å². The molecule has 0 saturated carbocycles. The van der Waals surface area contributed by atoms with Crippen molar-refractivity contribution in [3.8, 4) is 0 Å². The summed E-state index contributed by atoms with van der Waals surface area (Å²) in [6.45, 7) is 5.46. The highest BCUT2D eigenvalue weighted by Crippen LogP contribution is 2.24. The maximum absolute atomic E-state index is 12.7. The molecule has 0 unspecified atom stereocenters. The number of aryl methyl sites for hydroxylation is 1. The van der Waals surface area contributed by atoms with Crippen LogP contribution in [0.25, 0.3) is 0 Å². The maximum Gasteiger partial charge on any atom is 0.243 e. The summed E-state index contributed by atoms with van der Waals surface area (Å²) in [5.74, 6) is 0.572. The molecule has 0 amide bonds. The van der Waals surface area contributed by atoms with Crippen LogP contribution in [0.1, 0.15) is 35.7 Å². The molecule has 1 aliphatic rings. The first-order valence-corrected chi connectivity index (χ1v) is 10.7. The van der Waals surface area contributed by atoms with Gasteiger partial charge >= 0.3 is 0 Å². The summed E-state index contributed by atoms with van der Waals surface area (Å²) >= 11 is 0. The van der Waals surface area contributed by atoms with Crippen molar-refractivity contribution >= 4 is 21.5 Å². The molecule has 1 N–H and O–H groups in total. The van der Waals surface area contributed by atoms with Gasteiger partial charge in [-0.15, -0.1) is 0 Å². The summed E-state index contributed by atoms with van der Waals surface area (Å²) < 4.78 is 27.0. The Hall–Kier alpha value is -2.18. The van der Waals surface area contributed by atoms with Gasteiger partial charge in [0, 0.05) is 24.3 Å². The summed E-state index contributed by atoms with van der Waals surface area (Å²) in [5, 5.41) is 3.06. The molecule has 6 heteroatoms. The lowest BCUT2D eigenvalue weighted by atomic mass is 10.0. The second kappa shape index (κ2) is 8.23. The number of ketones is 1. The van der Waals surface area contributed by atoms with E-state index in [0.29, 0.717) is 29.5 Å². The number of nitrogens with zero attached hydrogens (tertiary/aromatic N) is 1. The number of benzene rings is 2. The minimum Gasteiger partial charge on any atom is -0.378 e. The van der Waals surface area contributed by atoms with Gasteiger partial charge in [-0.25, -0.2) is 8.42 Å². The molecule has 0 aromatic heterocycles. The Morgan fingerprint density at radius 2 is 1.63 bits per heavy atom. The average Bonchev–Trinajstić information content (AvgIpc) is 2.67. The zero-order valence-corrected chi connectivity index (χ0v) is 16.6. The van der Waals surface area contributed by atoms with Crippen LogP contribution in [0.5, 0.6) is 0 Å². The van der Waals surface area contributed by atoms with E-state index in [1.54, 1.807) is 28.6 Å². The van der Waals surface area contributed by atoms with E-state index in [0.717, 1.165) is 24.1 Å². The van der Waals surface area contributed by atoms with Crippen LogP contribution in [0.15, 0.2) is 53.4 Å². The van der Waals surface area contributed by atoms with Gasteiger partial charge in [-0.05, 0) is 49.9 Å². The van der Waals surface area contributed by atoms with E-state index in [9.17, 15) is 13.2 Å². The number of hydrogen-bond acceptors (Lipinski definition) is 4. The van der Waals surface area contributed by atoms with Crippen LogP contribution in [0.2, 0.25) is 0 Å². The molecule has 0 atom stereocenters. The molecule has 2 aromatic rings. The van der Waals surface area contributed by atoms with Gasteiger partial charge in [-0.1, -0.05) is 36.8 Å². The zero-order chi connectivity index (χ0) is 19.4. The highest BCUT2D eigenvalue weighted by atomic mass is 32.2. The average molecular weight is 387 g/mol. The molecule has 144 valence electrons. The Morgan fingerprint density at radius 3 is 2.22 bits per heavy atom. The first-order chi connectivity index (χ1) is 12.9. The Labute approximate surface area is 161 Å². The molecule has 0 bridgehead atoms. The van der Waals surface area contributed by atoms with Crippen molar-refractivity contribution < 1.29 is 13.2 Å². The van der Waals surface area contributed by atoms with Crippen LogP contribution >= 0.6 is 0 Å². The molecule has 27 heavy (non-hydrogen) atoms. The summed E-state index contributed by atoms with van der Waals surface area (Å²) in [6.07, 6.45) is 1.81. The smallest absolute Gasteiger partial charge is 0.243 e. The van der Waals surface area contributed by atoms with Crippen LogP contribution in [0, 0.1) is 12.8 Å². The first kappa shape index (κ1) is 19.6. The van der Waals surface area contributed by atoms with E-state index in [4.69, 9.17) is 0 Å². The number of anilines is 1. The van der Waals surface area contributed by atoms with Gasteiger partial charge in [0.15, 0.2) is 5.78 Å². The number of hydrogen-bond donors (Lipinski definition) is 1. The highest BCUT2D eigenvalue weighted by molar-refractivity contribution is 7.89. The van der Waals surface area contributed by atoms with Gasteiger partial charge in [0.1, 0.15) is 0 Å². The van der Waals surface area contributed by atoms with Crippen molar-refractivity contribution in [2.24, 2.45) is 5.92 Å².